The monoisotopic (exact) mass is 369 g/mol. The Bertz CT molecular complexity index is 871. The molecule has 0 fully saturated rings. The van der Waals surface area contributed by atoms with E-state index in [4.69, 9.17) is 27.9 Å². The van der Waals surface area contributed by atoms with Crippen LogP contribution in [0.5, 0.6) is 5.75 Å². The summed E-state index contributed by atoms with van der Waals surface area (Å²) in [6.07, 6.45) is 1.82. The molecule has 25 heavy (non-hydrogen) atoms. The summed E-state index contributed by atoms with van der Waals surface area (Å²) in [6.45, 7) is 2.52. The molecule has 2 nitrogen and oxygen atoms in total. The Morgan fingerprint density at radius 2 is 1.56 bits per heavy atom. The normalized spacial score (nSPS) is 11.0. The third kappa shape index (κ3) is 5.09. The van der Waals surface area contributed by atoms with Crippen molar-refractivity contribution in [2.75, 3.05) is 0 Å². The SMILES string of the molecule is Cc1ccc(Cl)cc1N=Cc1ccc(OCc2ccc(Cl)cc2)cc1. The highest BCUT2D eigenvalue weighted by Gasteiger charge is 1.99. The zero-order valence-corrected chi connectivity index (χ0v) is 15.3. The molecule has 0 unspecified atom stereocenters. The average Bonchev–Trinajstić information content (AvgIpc) is 2.63. The Kier molecular flexibility index (Phi) is 5.75. The summed E-state index contributed by atoms with van der Waals surface area (Å²) in [5.41, 5.74) is 4.03. The molecule has 0 aliphatic carbocycles. The summed E-state index contributed by atoms with van der Waals surface area (Å²) in [5.74, 6) is 0.811. The molecule has 0 spiro atoms. The molecule has 4 heteroatoms. The molecule has 0 radical (unpaired) electrons. The predicted octanol–water partition coefficient (Wildman–Crippen LogP) is 6.63. The van der Waals surface area contributed by atoms with Gasteiger partial charge in [0.2, 0.25) is 0 Å². The fourth-order valence-corrected chi connectivity index (χ4v) is 2.56. The molecule has 3 rings (SSSR count). The largest absolute Gasteiger partial charge is 0.489 e. The van der Waals surface area contributed by atoms with E-state index in [2.05, 4.69) is 4.99 Å². The van der Waals surface area contributed by atoms with Gasteiger partial charge < -0.3 is 4.74 Å². The van der Waals surface area contributed by atoms with Crippen LogP contribution in [0.2, 0.25) is 10.0 Å². The second-order valence-corrected chi connectivity index (χ2v) is 6.55. The molecule has 0 saturated heterocycles. The second kappa shape index (κ2) is 8.19. The van der Waals surface area contributed by atoms with Crippen LogP contribution in [-0.2, 0) is 6.61 Å². The Morgan fingerprint density at radius 1 is 0.880 bits per heavy atom. The van der Waals surface area contributed by atoms with Crippen LogP contribution in [0, 0.1) is 6.92 Å². The molecular formula is C21H17Cl2NO. The van der Waals surface area contributed by atoms with Gasteiger partial charge in [0.15, 0.2) is 0 Å². The summed E-state index contributed by atoms with van der Waals surface area (Å²) in [4.78, 5) is 4.51. The first-order valence-corrected chi connectivity index (χ1v) is 8.63. The Labute approximate surface area is 157 Å². The van der Waals surface area contributed by atoms with Crippen molar-refractivity contribution in [1.82, 2.24) is 0 Å². The van der Waals surface area contributed by atoms with E-state index in [0.29, 0.717) is 11.6 Å². The van der Waals surface area contributed by atoms with Crippen LogP contribution in [0.4, 0.5) is 5.69 Å². The van der Waals surface area contributed by atoms with Gasteiger partial charge in [-0.1, -0.05) is 41.4 Å². The minimum atomic E-state index is 0.506. The maximum absolute atomic E-state index is 6.02. The zero-order chi connectivity index (χ0) is 17.6. The number of aliphatic imine (C=N–C) groups is 1. The Balaban J connectivity index is 1.62. The summed E-state index contributed by atoms with van der Waals surface area (Å²) in [6, 6.07) is 21.1. The lowest BCUT2D eigenvalue weighted by Crippen LogP contribution is -1.95. The fourth-order valence-electron chi connectivity index (χ4n) is 2.26. The van der Waals surface area contributed by atoms with Crippen LogP contribution < -0.4 is 4.74 Å². The molecular weight excluding hydrogens is 353 g/mol. The first-order chi connectivity index (χ1) is 12.1. The van der Waals surface area contributed by atoms with Crippen LogP contribution in [0.3, 0.4) is 0 Å². The highest BCUT2D eigenvalue weighted by Crippen LogP contribution is 2.23. The first-order valence-electron chi connectivity index (χ1n) is 7.88. The van der Waals surface area contributed by atoms with Crippen LogP contribution in [-0.4, -0.2) is 6.21 Å². The lowest BCUT2D eigenvalue weighted by molar-refractivity contribution is 0.306. The molecule has 0 atom stereocenters. The zero-order valence-electron chi connectivity index (χ0n) is 13.7. The summed E-state index contributed by atoms with van der Waals surface area (Å²) < 4.78 is 5.78. The number of hydrogen-bond acceptors (Lipinski definition) is 2. The van der Waals surface area contributed by atoms with Gasteiger partial charge in [-0.3, -0.25) is 4.99 Å². The van der Waals surface area contributed by atoms with Gasteiger partial charge in [0.25, 0.3) is 0 Å². The third-order valence-electron chi connectivity index (χ3n) is 3.72. The van der Waals surface area contributed by atoms with E-state index < -0.39 is 0 Å². The van der Waals surface area contributed by atoms with Crippen molar-refractivity contribution < 1.29 is 4.74 Å². The number of ether oxygens (including phenoxy) is 1. The molecule has 3 aromatic carbocycles. The van der Waals surface area contributed by atoms with Gasteiger partial charge >= 0.3 is 0 Å². The van der Waals surface area contributed by atoms with Gasteiger partial charge in [-0.2, -0.15) is 0 Å². The quantitative estimate of drug-likeness (QED) is 0.462. The van der Waals surface area contributed by atoms with E-state index in [0.717, 1.165) is 33.1 Å². The third-order valence-corrected chi connectivity index (χ3v) is 4.21. The lowest BCUT2D eigenvalue weighted by atomic mass is 10.2. The van der Waals surface area contributed by atoms with Crippen molar-refractivity contribution in [3.63, 3.8) is 0 Å². The van der Waals surface area contributed by atoms with Crippen molar-refractivity contribution in [1.29, 1.82) is 0 Å². The average molecular weight is 370 g/mol. The minimum absolute atomic E-state index is 0.506. The van der Waals surface area contributed by atoms with Crippen molar-refractivity contribution in [3.05, 3.63) is 93.5 Å². The number of rotatable bonds is 5. The van der Waals surface area contributed by atoms with E-state index in [1.165, 1.54) is 0 Å². The van der Waals surface area contributed by atoms with Crippen LogP contribution in [0.1, 0.15) is 16.7 Å². The molecule has 0 bridgehead atoms. The summed E-state index contributed by atoms with van der Waals surface area (Å²) >= 11 is 11.9. The van der Waals surface area contributed by atoms with Gasteiger partial charge in [0, 0.05) is 16.3 Å². The Morgan fingerprint density at radius 3 is 2.28 bits per heavy atom. The van der Waals surface area contributed by atoms with Gasteiger partial charge in [-0.05, 0) is 72.1 Å². The predicted molar refractivity (Wildman–Crippen MR) is 106 cm³/mol. The second-order valence-electron chi connectivity index (χ2n) is 5.67. The maximum atomic E-state index is 6.02. The molecule has 0 saturated carbocycles. The van der Waals surface area contributed by atoms with Crippen molar-refractivity contribution in [3.8, 4) is 5.75 Å². The van der Waals surface area contributed by atoms with Crippen LogP contribution in [0.15, 0.2) is 71.7 Å². The number of hydrogen-bond donors (Lipinski definition) is 0. The number of nitrogens with zero attached hydrogens (tertiary/aromatic N) is 1. The minimum Gasteiger partial charge on any atom is -0.489 e. The standard InChI is InChI=1S/C21H17Cl2NO/c1-15-2-7-19(23)12-21(15)24-13-16-5-10-20(11-6-16)25-14-17-3-8-18(22)9-4-17/h2-13H,14H2,1H3. The molecule has 0 aliphatic heterocycles. The molecule has 126 valence electrons. The molecule has 0 amide bonds. The topological polar surface area (TPSA) is 21.6 Å². The maximum Gasteiger partial charge on any atom is 0.119 e. The molecule has 0 aromatic heterocycles. The smallest absolute Gasteiger partial charge is 0.119 e. The van der Waals surface area contributed by atoms with E-state index in [9.17, 15) is 0 Å². The fraction of sp³-hybridized carbons (Fsp3) is 0.0952. The van der Waals surface area contributed by atoms with Crippen molar-refractivity contribution >= 4 is 35.1 Å². The number of benzene rings is 3. The van der Waals surface area contributed by atoms with Crippen LogP contribution in [0.25, 0.3) is 0 Å². The van der Waals surface area contributed by atoms with E-state index in [-0.39, 0.29) is 0 Å². The van der Waals surface area contributed by atoms with Gasteiger partial charge in [-0.25, -0.2) is 0 Å². The van der Waals surface area contributed by atoms with Crippen molar-refractivity contribution in [2.24, 2.45) is 4.99 Å². The molecule has 0 heterocycles. The lowest BCUT2D eigenvalue weighted by Gasteiger charge is -2.06. The Hall–Kier alpha value is -2.29. The summed E-state index contributed by atoms with van der Waals surface area (Å²) in [5, 5.41) is 1.41. The van der Waals surface area contributed by atoms with Crippen LogP contribution >= 0.6 is 23.2 Å². The van der Waals surface area contributed by atoms with E-state index in [1.54, 1.807) is 0 Å². The van der Waals surface area contributed by atoms with Crippen molar-refractivity contribution in [2.45, 2.75) is 13.5 Å². The van der Waals surface area contributed by atoms with E-state index >= 15 is 0 Å². The van der Waals surface area contributed by atoms with Gasteiger partial charge in [-0.15, -0.1) is 0 Å². The highest BCUT2D eigenvalue weighted by molar-refractivity contribution is 6.31. The highest BCUT2D eigenvalue weighted by atomic mass is 35.5. The number of aryl methyl sites for hydroxylation is 1. The molecule has 3 aromatic rings. The number of halogens is 2. The summed E-state index contributed by atoms with van der Waals surface area (Å²) in [7, 11) is 0. The van der Waals surface area contributed by atoms with Gasteiger partial charge in [0.1, 0.15) is 12.4 Å². The first kappa shape index (κ1) is 17.5. The molecule has 0 aliphatic rings. The van der Waals surface area contributed by atoms with E-state index in [1.807, 2.05) is 79.9 Å². The molecule has 0 N–H and O–H groups in total. The van der Waals surface area contributed by atoms with Gasteiger partial charge in [0.05, 0.1) is 5.69 Å².